The maximum absolute atomic E-state index is 10.4. The van der Waals surface area contributed by atoms with E-state index in [4.69, 9.17) is 9.84 Å². The molecule has 0 fully saturated rings. The van der Waals surface area contributed by atoms with Gasteiger partial charge in [-0.25, -0.2) is 0 Å². The number of allylic oxidation sites excluding steroid dienone is 1. The number of ether oxygens (including phenoxy) is 1. The number of hydrogen-bond acceptors (Lipinski definition) is 2. The molecule has 0 spiro atoms. The van der Waals surface area contributed by atoms with Gasteiger partial charge in [-0.05, 0) is 29.7 Å². The van der Waals surface area contributed by atoms with Crippen molar-refractivity contribution in [2.75, 3.05) is 7.11 Å². The lowest BCUT2D eigenvalue weighted by molar-refractivity contribution is -0.136. The number of carboxylic acids is 1. The van der Waals surface area contributed by atoms with Gasteiger partial charge >= 0.3 is 5.97 Å². The summed E-state index contributed by atoms with van der Waals surface area (Å²) in [6.07, 6.45) is 0.590. The van der Waals surface area contributed by atoms with Crippen molar-refractivity contribution < 1.29 is 14.6 Å². The van der Waals surface area contributed by atoms with Crippen LogP contribution >= 0.6 is 0 Å². The third-order valence-corrected chi connectivity index (χ3v) is 2.14. The van der Waals surface area contributed by atoms with Crippen molar-refractivity contribution in [3.8, 4) is 5.75 Å². The Morgan fingerprint density at radius 1 is 1.33 bits per heavy atom. The van der Waals surface area contributed by atoms with Gasteiger partial charge in [0.05, 0.1) is 7.11 Å². The first-order valence-corrected chi connectivity index (χ1v) is 4.67. The fraction of sp³-hybridized carbons (Fsp3) is 0.250. The predicted molar refractivity (Wildman–Crippen MR) is 58.9 cm³/mol. The zero-order chi connectivity index (χ0) is 11.3. The molecule has 3 nitrogen and oxygen atoms in total. The van der Waals surface area contributed by atoms with Gasteiger partial charge < -0.3 is 9.84 Å². The Kier molecular flexibility index (Phi) is 3.92. The third-order valence-electron chi connectivity index (χ3n) is 2.14. The SMILES string of the molecule is C=C(CCC(=O)O)c1ccc(OC)cc1. The van der Waals surface area contributed by atoms with E-state index in [-0.39, 0.29) is 6.42 Å². The van der Waals surface area contributed by atoms with Gasteiger partial charge in [-0.15, -0.1) is 0 Å². The Bertz CT molecular complexity index is 352. The molecule has 1 rings (SSSR count). The molecule has 0 aliphatic carbocycles. The second-order valence-corrected chi connectivity index (χ2v) is 3.23. The zero-order valence-electron chi connectivity index (χ0n) is 8.69. The highest BCUT2D eigenvalue weighted by atomic mass is 16.5. The molecule has 0 bridgehead atoms. The number of benzene rings is 1. The average molecular weight is 206 g/mol. The van der Waals surface area contributed by atoms with E-state index in [2.05, 4.69) is 6.58 Å². The maximum atomic E-state index is 10.4. The highest BCUT2D eigenvalue weighted by molar-refractivity contribution is 5.72. The van der Waals surface area contributed by atoms with Crippen LogP contribution in [0.25, 0.3) is 5.57 Å². The van der Waals surface area contributed by atoms with Crippen molar-refractivity contribution in [1.29, 1.82) is 0 Å². The Labute approximate surface area is 89.0 Å². The van der Waals surface area contributed by atoms with E-state index in [0.29, 0.717) is 6.42 Å². The lowest BCUT2D eigenvalue weighted by atomic mass is 10.0. The second kappa shape index (κ2) is 5.20. The van der Waals surface area contributed by atoms with Gasteiger partial charge in [0.25, 0.3) is 0 Å². The summed E-state index contributed by atoms with van der Waals surface area (Å²) < 4.78 is 5.02. The average Bonchev–Trinajstić information content (AvgIpc) is 2.26. The predicted octanol–water partition coefficient (Wildman–Crippen LogP) is 2.57. The molecule has 0 aliphatic heterocycles. The summed E-state index contributed by atoms with van der Waals surface area (Å²) >= 11 is 0. The van der Waals surface area contributed by atoms with Crippen molar-refractivity contribution >= 4 is 11.5 Å². The molecule has 0 saturated heterocycles. The smallest absolute Gasteiger partial charge is 0.303 e. The van der Waals surface area contributed by atoms with E-state index >= 15 is 0 Å². The fourth-order valence-electron chi connectivity index (χ4n) is 1.23. The van der Waals surface area contributed by atoms with Gasteiger partial charge in [0.15, 0.2) is 0 Å². The lowest BCUT2D eigenvalue weighted by Gasteiger charge is -2.05. The molecule has 0 amide bonds. The third kappa shape index (κ3) is 3.46. The Balaban J connectivity index is 2.62. The van der Waals surface area contributed by atoms with Crippen LogP contribution in [0.4, 0.5) is 0 Å². The van der Waals surface area contributed by atoms with E-state index in [0.717, 1.165) is 16.9 Å². The van der Waals surface area contributed by atoms with Crippen LogP contribution < -0.4 is 4.74 Å². The van der Waals surface area contributed by atoms with E-state index < -0.39 is 5.97 Å². The summed E-state index contributed by atoms with van der Waals surface area (Å²) in [5.41, 5.74) is 1.79. The van der Waals surface area contributed by atoms with E-state index in [1.807, 2.05) is 24.3 Å². The first-order chi connectivity index (χ1) is 7.13. The first-order valence-electron chi connectivity index (χ1n) is 4.67. The normalized spacial score (nSPS) is 9.67. The minimum absolute atomic E-state index is 0.116. The Morgan fingerprint density at radius 3 is 2.40 bits per heavy atom. The van der Waals surface area contributed by atoms with Crippen LogP contribution in [-0.2, 0) is 4.79 Å². The van der Waals surface area contributed by atoms with E-state index in [1.54, 1.807) is 7.11 Å². The van der Waals surface area contributed by atoms with Crippen LogP contribution in [0.1, 0.15) is 18.4 Å². The first kappa shape index (κ1) is 11.3. The molecule has 1 aromatic carbocycles. The van der Waals surface area contributed by atoms with Gasteiger partial charge in [-0.2, -0.15) is 0 Å². The number of carbonyl (C=O) groups is 1. The van der Waals surface area contributed by atoms with Gasteiger partial charge in [0.2, 0.25) is 0 Å². The van der Waals surface area contributed by atoms with Crippen LogP contribution in [0, 0.1) is 0 Å². The molecule has 0 unspecified atom stereocenters. The number of carboxylic acid groups (broad SMARTS) is 1. The molecule has 0 atom stereocenters. The molecule has 1 N–H and O–H groups in total. The molecule has 0 aliphatic rings. The van der Waals surface area contributed by atoms with Crippen molar-refractivity contribution in [3.63, 3.8) is 0 Å². The van der Waals surface area contributed by atoms with Crippen LogP contribution in [-0.4, -0.2) is 18.2 Å². The van der Waals surface area contributed by atoms with Gasteiger partial charge in [0.1, 0.15) is 5.75 Å². The summed E-state index contributed by atoms with van der Waals surface area (Å²) in [5, 5.41) is 8.53. The van der Waals surface area contributed by atoms with Crippen LogP contribution in [0.2, 0.25) is 0 Å². The van der Waals surface area contributed by atoms with Crippen molar-refractivity contribution in [1.82, 2.24) is 0 Å². The Morgan fingerprint density at radius 2 is 1.93 bits per heavy atom. The maximum Gasteiger partial charge on any atom is 0.303 e. The number of rotatable bonds is 5. The summed E-state index contributed by atoms with van der Waals surface area (Å²) in [5.74, 6) is -0.0190. The number of aliphatic carboxylic acids is 1. The van der Waals surface area contributed by atoms with Crippen LogP contribution in [0.3, 0.4) is 0 Å². The van der Waals surface area contributed by atoms with Crippen molar-refractivity contribution in [2.45, 2.75) is 12.8 Å². The van der Waals surface area contributed by atoms with Gasteiger partial charge in [0, 0.05) is 6.42 Å². The second-order valence-electron chi connectivity index (χ2n) is 3.23. The summed E-state index contributed by atoms with van der Waals surface area (Å²) in [4.78, 5) is 10.4. The van der Waals surface area contributed by atoms with Crippen LogP contribution in [0.5, 0.6) is 5.75 Å². The Hall–Kier alpha value is -1.77. The minimum Gasteiger partial charge on any atom is -0.497 e. The standard InChI is InChI=1S/C12H14O3/c1-9(3-8-12(13)14)10-4-6-11(15-2)7-5-10/h4-7H,1,3,8H2,2H3,(H,13,14). The zero-order valence-corrected chi connectivity index (χ0v) is 8.69. The molecule has 0 saturated carbocycles. The van der Waals surface area contributed by atoms with Crippen molar-refractivity contribution in [3.05, 3.63) is 36.4 Å². The monoisotopic (exact) mass is 206 g/mol. The molecule has 0 radical (unpaired) electrons. The molecule has 3 heteroatoms. The molecule has 1 aromatic rings. The van der Waals surface area contributed by atoms with E-state index in [9.17, 15) is 4.79 Å². The number of hydrogen-bond donors (Lipinski definition) is 1. The highest BCUT2D eigenvalue weighted by Gasteiger charge is 2.02. The largest absolute Gasteiger partial charge is 0.497 e. The van der Waals surface area contributed by atoms with Gasteiger partial charge in [-0.1, -0.05) is 18.7 Å². The molecule has 0 heterocycles. The highest BCUT2D eigenvalue weighted by Crippen LogP contribution is 2.20. The van der Waals surface area contributed by atoms with Crippen molar-refractivity contribution in [2.24, 2.45) is 0 Å². The summed E-state index contributed by atoms with van der Waals surface area (Å²) in [6.45, 7) is 3.85. The molecule has 80 valence electrons. The summed E-state index contributed by atoms with van der Waals surface area (Å²) in [6, 6.07) is 7.43. The van der Waals surface area contributed by atoms with E-state index in [1.165, 1.54) is 0 Å². The summed E-state index contributed by atoms with van der Waals surface area (Å²) in [7, 11) is 1.61. The lowest BCUT2D eigenvalue weighted by Crippen LogP contribution is -1.95. The minimum atomic E-state index is -0.801. The van der Waals surface area contributed by atoms with Crippen LogP contribution in [0.15, 0.2) is 30.8 Å². The fourth-order valence-corrected chi connectivity index (χ4v) is 1.23. The topological polar surface area (TPSA) is 46.5 Å². The molecule has 0 aromatic heterocycles. The number of methoxy groups -OCH3 is 1. The van der Waals surface area contributed by atoms with Gasteiger partial charge in [-0.3, -0.25) is 4.79 Å². The quantitative estimate of drug-likeness (QED) is 0.805. The molecular weight excluding hydrogens is 192 g/mol. The molecular formula is C12H14O3. The molecule has 15 heavy (non-hydrogen) atoms.